The van der Waals surface area contributed by atoms with Gasteiger partial charge in [-0.1, -0.05) is 44.2 Å². The second-order valence-corrected chi connectivity index (χ2v) is 6.15. The molecule has 0 saturated heterocycles. The highest BCUT2D eigenvalue weighted by Gasteiger charge is 2.17. The van der Waals surface area contributed by atoms with Crippen molar-refractivity contribution < 1.29 is 0 Å². The molecule has 2 nitrogen and oxygen atoms in total. The van der Waals surface area contributed by atoms with E-state index in [1.807, 2.05) is 0 Å². The zero-order valence-electron chi connectivity index (χ0n) is 11.6. The number of imidazole rings is 1. The summed E-state index contributed by atoms with van der Waals surface area (Å²) in [4.78, 5) is 3.41. The molecule has 1 aromatic carbocycles. The number of nitrogens with zero attached hydrogens (tertiary/aromatic N) is 1. The van der Waals surface area contributed by atoms with Crippen LogP contribution in [-0.4, -0.2) is 9.55 Å². The summed E-state index contributed by atoms with van der Waals surface area (Å²) in [6.45, 7) is 2.15. The summed E-state index contributed by atoms with van der Waals surface area (Å²) < 4.78 is 3.28. The molecule has 1 aromatic heterocycles. The number of aromatic nitrogens is 2. The average molecular weight is 274 g/mol. The Balaban J connectivity index is 2.05. The topological polar surface area (TPSA) is 20.7 Å². The van der Waals surface area contributed by atoms with Gasteiger partial charge in [0.15, 0.2) is 4.77 Å². The lowest BCUT2D eigenvalue weighted by Gasteiger charge is -2.22. The van der Waals surface area contributed by atoms with Crippen molar-refractivity contribution in [3.8, 4) is 0 Å². The van der Waals surface area contributed by atoms with Crippen molar-refractivity contribution >= 4 is 23.3 Å². The van der Waals surface area contributed by atoms with Crippen molar-refractivity contribution in [3.63, 3.8) is 0 Å². The number of H-pyrrole nitrogens is 1. The van der Waals surface area contributed by atoms with E-state index in [1.54, 1.807) is 0 Å². The van der Waals surface area contributed by atoms with Gasteiger partial charge in [0.2, 0.25) is 0 Å². The summed E-state index contributed by atoms with van der Waals surface area (Å²) in [6.07, 6.45) is 9.39. The maximum Gasteiger partial charge on any atom is 0.178 e. The molecule has 3 heteroatoms. The van der Waals surface area contributed by atoms with Crippen LogP contribution in [0, 0.1) is 11.7 Å². The van der Waals surface area contributed by atoms with Crippen LogP contribution < -0.4 is 0 Å². The Hall–Kier alpha value is -1.09. The lowest BCUT2D eigenvalue weighted by atomic mass is 9.96. The minimum Gasteiger partial charge on any atom is -0.330 e. The largest absolute Gasteiger partial charge is 0.330 e. The number of rotatable bonds is 1. The van der Waals surface area contributed by atoms with E-state index in [1.165, 1.54) is 61.5 Å². The Bertz CT molecular complexity index is 615. The Morgan fingerprint density at radius 2 is 1.79 bits per heavy atom. The number of nitrogens with one attached hydrogen (secondary N) is 1. The number of aromatic amines is 1. The van der Waals surface area contributed by atoms with E-state index in [0.717, 1.165) is 4.77 Å². The van der Waals surface area contributed by atoms with Crippen molar-refractivity contribution in [2.24, 2.45) is 0 Å². The van der Waals surface area contributed by atoms with Gasteiger partial charge in [0.1, 0.15) is 0 Å². The SMILES string of the molecule is Cc1cccc2c1[nH]c(=S)n2C1CCCCCCC1. The van der Waals surface area contributed by atoms with E-state index >= 15 is 0 Å². The molecular formula is C16H22N2S. The first kappa shape index (κ1) is 12.9. The Morgan fingerprint density at radius 1 is 1.11 bits per heavy atom. The third kappa shape index (κ3) is 2.48. The molecule has 3 rings (SSSR count). The van der Waals surface area contributed by atoms with Crippen LogP contribution in [0.4, 0.5) is 0 Å². The molecule has 1 N–H and O–H groups in total. The molecule has 0 amide bonds. The number of benzene rings is 1. The van der Waals surface area contributed by atoms with Crippen molar-refractivity contribution in [2.75, 3.05) is 0 Å². The van der Waals surface area contributed by atoms with Crippen molar-refractivity contribution in [1.29, 1.82) is 0 Å². The molecule has 102 valence electrons. The van der Waals surface area contributed by atoms with Crippen LogP contribution in [0.3, 0.4) is 0 Å². The molecular weight excluding hydrogens is 252 g/mol. The summed E-state index contributed by atoms with van der Waals surface area (Å²) in [6, 6.07) is 7.08. The first-order valence-electron chi connectivity index (χ1n) is 7.47. The summed E-state index contributed by atoms with van der Waals surface area (Å²) in [5.74, 6) is 0. The van der Waals surface area contributed by atoms with Crippen LogP contribution >= 0.6 is 12.2 Å². The first-order valence-corrected chi connectivity index (χ1v) is 7.88. The van der Waals surface area contributed by atoms with E-state index in [9.17, 15) is 0 Å². The fourth-order valence-electron chi connectivity index (χ4n) is 3.35. The summed E-state index contributed by atoms with van der Waals surface area (Å²) in [7, 11) is 0. The van der Waals surface area contributed by atoms with E-state index < -0.39 is 0 Å². The van der Waals surface area contributed by atoms with Gasteiger partial charge in [-0.05, 0) is 43.6 Å². The van der Waals surface area contributed by atoms with Gasteiger partial charge >= 0.3 is 0 Å². The van der Waals surface area contributed by atoms with E-state index in [4.69, 9.17) is 12.2 Å². The summed E-state index contributed by atoms with van der Waals surface area (Å²) in [5, 5.41) is 0. The smallest absolute Gasteiger partial charge is 0.178 e. The standard InChI is InChI=1S/C16H22N2S/c1-12-8-7-11-14-15(12)17-16(19)18(14)13-9-5-3-2-4-6-10-13/h7-8,11,13H,2-6,9-10H2,1H3,(H,17,19). The molecule has 1 fully saturated rings. The number of aryl methyl sites for hydroxylation is 1. The van der Waals surface area contributed by atoms with Crippen LogP contribution in [-0.2, 0) is 0 Å². The van der Waals surface area contributed by atoms with Gasteiger partial charge in [-0.2, -0.15) is 0 Å². The summed E-state index contributed by atoms with van der Waals surface area (Å²) in [5.41, 5.74) is 3.79. The molecule has 0 aliphatic heterocycles. The van der Waals surface area contributed by atoms with Crippen LogP contribution in [0.5, 0.6) is 0 Å². The Kier molecular flexibility index (Phi) is 3.74. The second-order valence-electron chi connectivity index (χ2n) is 5.77. The fraction of sp³-hybridized carbons (Fsp3) is 0.562. The molecule has 0 atom stereocenters. The molecule has 0 radical (unpaired) electrons. The van der Waals surface area contributed by atoms with Crippen molar-refractivity contribution in [1.82, 2.24) is 9.55 Å². The van der Waals surface area contributed by atoms with Gasteiger partial charge in [0.05, 0.1) is 11.0 Å². The third-order valence-corrected chi connectivity index (χ3v) is 4.70. The van der Waals surface area contributed by atoms with Gasteiger partial charge in [0.25, 0.3) is 0 Å². The molecule has 1 aliphatic carbocycles. The van der Waals surface area contributed by atoms with E-state index in [0.29, 0.717) is 6.04 Å². The predicted octanol–water partition coefficient (Wildman–Crippen LogP) is 5.29. The second kappa shape index (κ2) is 5.49. The highest BCUT2D eigenvalue weighted by molar-refractivity contribution is 7.71. The maximum absolute atomic E-state index is 5.58. The highest BCUT2D eigenvalue weighted by atomic mass is 32.1. The minimum absolute atomic E-state index is 0.586. The van der Waals surface area contributed by atoms with Crippen LogP contribution in [0.25, 0.3) is 11.0 Å². The zero-order valence-corrected chi connectivity index (χ0v) is 12.4. The van der Waals surface area contributed by atoms with Crippen LogP contribution in [0.2, 0.25) is 0 Å². The molecule has 2 aromatic rings. The highest BCUT2D eigenvalue weighted by Crippen LogP contribution is 2.30. The number of hydrogen-bond donors (Lipinski definition) is 1. The molecule has 1 saturated carbocycles. The molecule has 0 spiro atoms. The Labute approximate surface area is 119 Å². The van der Waals surface area contributed by atoms with Crippen LogP contribution in [0.15, 0.2) is 18.2 Å². The zero-order chi connectivity index (χ0) is 13.2. The lowest BCUT2D eigenvalue weighted by Crippen LogP contribution is -2.11. The normalized spacial score (nSPS) is 18.4. The predicted molar refractivity (Wildman–Crippen MR) is 83.2 cm³/mol. The Morgan fingerprint density at radius 3 is 2.53 bits per heavy atom. The fourth-order valence-corrected chi connectivity index (χ4v) is 3.70. The molecule has 0 bridgehead atoms. The molecule has 1 heterocycles. The maximum atomic E-state index is 5.58. The van der Waals surface area contributed by atoms with E-state index in [-0.39, 0.29) is 0 Å². The molecule has 0 unspecified atom stereocenters. The number of hydrogen-bond acceptors (Lipinski definition) is 1. The van der Waals surface area contributed by atoms with E-state index in [2.05, 4.69) is 34.7 Å². The van der Waals surface area contributed by atoms with Gasteiger partial charge in [-0.15, -0.1) is 0 Å². The number of para-hydroxylation sites is 1. The number of fused-ring (bicyclic) bond motifs is 1. The third-order valence-electron chi connectivity index (χ3n) is 4.40. The minimum atomic E-state index is 0.586. The van der Waals surface area contributed by atoms with Gasteiger partial charge < -0.3 is 9.55 Å². The lowest BCUT2D eigenvalue weighted by molar-refractivity contribution is 0.376. The van der Waals surface area contributed by atoms with Crippen molar-refractivity contribution in [3.05, 3.63) is 28.5 Å². The van der Waals surface area contributed by atoms with Crippen molar-refractivity contribution in [2.45, 2.75) is 57.9 Å². The summed E-state index contributed by atoms with van der Waals surface area (Å²) >= 11 is 5.58. The molecule has 1 aliphatic rings. The molecule has 19 heavy (non-hydrogen) atoms. The monoisotopic (exact) mass is 274 g/mol. The van der Waals surface area contributed by atoms with Crippen LogP contribution in [0.1, 0.15) is 56.6 Å². The van der Waals surface area contributed by atoms with Gasteiger partial charge in [-0.25, -0.2) is 0 Å². The average Bonchev–Trinajstić information content (AvgIpc) is 2.68. The first-order chi connectivity index (χ1) is 9.27. The van der Waals surface area contributed by atoms with Gasteiger partial charge in [0, 0.05) is 6.04 Å². The van der Waals surface area contributed by atoms with Gasteiger partial charge in [-0.3, -0.25) is 0 Å². The quantitative estimate of drug-likeness (QED) is 0.700.